The topological polar surface area (TPSA) is 88.4 Å². The number of hydrogen-bond donors (Lipinski definition) is 3. The first-order valence-electron chi connectivity index (χ1n) is 7.78. The van der Waals surface area contributed by atoms with E-state index in [1.165, 1.54) is 0 Å². The first-order chi connectivity index (χ1) is 11.7. The minimum absolute atomic E-state index is 0.0639. The van der Waals surface area contributed by atoms with Crippen LogP contribution in [0, 0.1) is 11.3 Å². The fraction of sp³-hybridized carbons (Fsp3) is 0.222. The number of nitrogens with zero attached hydrogens (tertiary/aromatic N) is 2. The standard InChI is InChI=1S/C18H18N4O2/c19-11-13(12-22-9-7-20-8-10-22)18(24)21-16-5-1-4-15-14(16)3-2-6-17(15)23/h1-6,12,20,23H,7-10H2,(H,21,24)/b13-12-. The second-order valence-electron chi connectivity index (χ2n) is 5.57. The van der Waals surface area contributed by atoms with Gasteiger partial charge >= 0.3 is 0 Å². The normalized spacial score (nSPS) is 15.1. The van der Waals surface area contributed by atoms with Gasteiger partial charge in [0.1, 0.15) is 17.4 Å². The Morgan fingerprint density at radius 3 is 2.67 bits per heavy atom. The van der Waals surface area contributed by atoms with Gasteiger partial charge in [-0.1, -0.05) is 24.3 Å². The molecule has 1 heterocycles. The van der Waals surface area contributed by atoms with Crippen molar-refractivity contribution >= 4 is 22.4 Å². The molecule has 3 rings (SSSR count). The van der Waals surface area contributed by atoms with E-state index < -0.39 is 5.91 Å². The van der Waals surface area contributed by atoms with Crippen molar-refractivity contribution in [2.75, 3.05) is 31.5 Å². The van der Waals surface area contributed by atoms with E-state index in [1.807, 2.05) is 17.0 Å². The maximum absolute atomic E-state index is 12.4. The van der Waals surface area contributed by atoms with E-state index in [2.05, 4.69) is 10.6 Å². The number of carbonyl (C=O) groups is 1. The van der Waals surface area contributed by atoms with Crippen LogP contribution in [0.25, 0.3) is 10.8 Å². The van der Waals surface area contributed by atoms with Crippen molar-refractivity contribution in [1.82, 2.24) is 10.2 Å². The van der Waals surface area contributed by atoms with E-state index in [1.54, 1.807) is 36.5 Å². The summed E-state index contributed by atoms with van der Waals surface area (Å²) in [5, 5.41) is 26.6. The van der Waals surface area contributed by atoms with Gasteiger partial charge in [0.05, 0.1) is 0 Å². The van der Waals surface area contributed by atoms with Gasteiger partial charge in [-0.15, -0.1) is 0 Å². The van der Waals surface area contributed by atoms with Gasteiger partial charge in [0, 0.05) is 48.8 Å². The second-order valence-corrected chi connectivity index (χ2v) is 5.57. The Morgan fingerprint density at radius 1 is 1.21 bits per heavy atom. The van der Waals surface area contributed by atoms with Gasteiger partial charge in [0.15, 0.2) is 0 Å². The molecule has 0 bridgehead atoms. The maximum Gasteiger partial charge on any atom is 0.267 e. The number of phenolic OH excluding ortho intramolecular Hbond substituents is 1. The van der Waals surface area contributed by atoms with Crippen LogP contribution in [0.2, 0.25) is 0 Å². The molecule has 0 aromatic heterocycles. The number of nitriles is 1. The smallest absolute Gasteiger partial charge is 0.267 e. The van der Waals surface area contributed by atoms with Gasteiger partial charge in [0.25, 0.3) is 5.91 Å². The van der Waals surface area contributed by atoms with Crippen molar-refractivity contribution in [3.63, 3.8) is 0 Å². The van der Waals surface area contributed by atoms with Gasteiger partial charge in [-0.2, -0.15) is 5.26 Å². The monoisotopic (exact) mass is 322 g/mol. The first-order valence-corrected chi connectivity index (χ1v) is 7.78. The van der Waals surface area contributed by atoms with Crippen LogP contribution in [0.4, 0.5) is 5.69 Å². The Morgan fingerprint density at radius 2 is 1.92 bits per heavy atom. The van der Waals surface area contributed by atoms with E-state index in [4.69, 9.17) is 0 Å². The lowest BCUT2D eigenvalue weighted by atomic mass is 10.1. The minimum Gasteiger partial charge on any atom is -0.507 e. The van der Waals surface area contributed by atoms with E-state index in [9.17, 15) is 15.2 Å². The Hall–Kier alpha value is -3.04. The van der Waals surface area contributed by atoms with E-state index >= 15 is 0 Å². The third kappa shape index (κ3) is 3.31. The van der Waals surface area contributed by atoms with Gasteiger partial charge in [-0.3, -0.25) is 4.79 Å². The van der Waals surface area contributed by atoms with Crippen LogP contribution < -0.4 is 10.6 Å². The summed E-state index contributed by atoms with van der Waals surface area (Å²) in [5.41, 5.74) is 0.629. The number of nitrogens with one attached hydrogen (secondary N) is 2. The fourth-order valence-corrected chi connectivity index (χ4v) is 2.72. The van der Waals surface area contributed by atoms with Crippen molar-refractivity contribution in [3.05, 3.63) is 48.2 Å². The molecule has 0 unspecified atom stereocenters. The van der Waals surface area contributed by atoms with E-state index in [-0.39, 0.29) is 11.3 Å². The van der Waals surface area contributed by atoms with Crippen molar-refractivity contribution in [2.24, 2.45) is 0 Å². The lowest BCUT2D eigenvalue weighted by Crippen LogP contribution is -2.41. The lowest BCUT2D eigenvalue weighted by molar-refractivity contribution is -0.112. The average molecular weight is 322 g/mol. The number of fused-ring (bicyclic) bond motifs is 1. The fourth-order valence-electron chi connectivity index (χ4n) is 2.72. The number of rotatable bonds is 3. The molecule has 122 valence electrons. The van der Waals surface area contributed by atoms with Gasteiger partial charge in [0.2, 0.25) is 0 Å². The van der Waals surface area contributed by atoms with E-state index in [0.717, 1.165) is 31.6 Å². The number of aromatic hydroxyl groups is 1. The molecule has 0 atom stereocenters. The predicted octanol–water partition coefficient (Wildman–Crippen LogP) is 1.80. The molecule has 24 heavy (non-hydrogen) atoms. The highest BCUT2D eigenvalue weighted by atomic mass is 16.3. The third-order valence-electron chi connectivity index (χ3n) is 3.98. The molecule has 1 fully saturated rings. The largest absolute Gasteiger partial charge is 0.507 e. The summed E-state index contributed by atoms with van der Waals surface area (Å²) >= 11 is 0. The molecule has 1 aliphatic rings. The first kappa shape index (κ1) is 15.8. The number of amides is 1. The van der Waals surface area contributed by atoms with Gasteiger partial charge in [-0.25, -0.2) is 0 Å². The molecule has 2 aromatic rings. The molecule has 2 aromatic carbocycles. The average Bonchev–Trinajstić information content (AvgIpc) is 2.61. The SMILES string of the molecule is N#C/C(=C/N1CCNCC1)C(=O)Nc1cccc2c(O)cccc12. The number of anilines is 1. The Bertz CT molecular complexity index is 833. The van der Waals surface area contributed by atoms with Crippen LogP contribution >= 0.6 is 0 Å². The third-order valence-corrected chi connectivity index (χ3v) is 3.98. The van der Waals surface area contributed by atoms with Crippen LogP contribution in [-0.4, -0.2) is 42.1 Å². The molecule has 0 aliphatic carbocycles. The molecule has 6 heteroatoms. The van der Waals surface area contributed by atoms with Crippen molar-refractivity contribution in [3.8, 4) is 11.8 Å². The van der Waals surface area contributed by atoms with Crippen molar-refractivity contribution in [1.29, 1.82) is 5.26 Å². The van der Waals surface area contributed by atoms with E-state index in [0.29, 0.717) is 11.1 Å². The molecule has 1 aliphatic heterocycles. The highest BCUT2D eigenvalue weighted by molar-refractivity contribution is 6.11. The molecular weight excluding hydrogens is 304 g/mol. The molecule has 0 spiro atoms. The maximum atomic E-state index is 12.4. The summed E-state index contributed by atoms with van der Waals surface area (Å²) in [7, 11) is 0. The van der Waals surface area contributed by atoms with Crippen molar-refractivity contribution in [2.45, 2.75) is 0 Å². The van der Waals surface area contributed by atoms with Crippen LogP contribution in [0.5, 0.6) is 5.75 Å². The number of piperazine rings is 1. The van der Waals surface area contributed by atoms with Crippen molar-refractivity contribution < 1.29 is 9.90 Å². The van der Waals surface area contributed by atoms with Crippen LogP contribution in [0.1, 0.15) is 0 Å². The summed E-state index contributed by atoms with van der Waals surface area (Å²) in [6, 6.07) is 12.4. The summed E-state index contributed by atoms with van der Waals surface area (Å²) in [4.78, 5) is 14.4. The lowest BCUT2D eigenvalue weighted by Gasteiger charge is -2.26. The van der Waals surface area contributed by atoms with Crippen LogP contribution in [0.15, 0.2) is 48.2 Å². The Kier molecular flexibility index (Phi) is 4.64. The van der Waals surface area contributed by atoms with Crippen LogP contribution in [0.3, 0.4) is 0 Å². The highest BCUT2D eigenvalue weighted by Gasteiger charge is 2.14. The zero-order chi connectivity index (χ0) is 16.9. The predicted molar refractivity (Wildman–Crippen MR) is 92.4 cm³/mol. The zero-order valence-electron chi connectivity index (χ0n) is 13.1. The van der Waals surface area contributed by atoms with Gasteiger partial charge < -0.3 is 20.6 Å². The molecule has 3 N–H and O–H groups in total. The summed E-state index contributed by atoms with van der Waals surface area (Å²) in [6.07, 6.45) is 1.61. The van der Waals surface area contributed by atoms with Gasteiger partial charge in [-0.05, 0) is 12.1 Å². The van der Waals surface area contributed by atoms with Crippen LogP contribution in [-0.2, 0) is 4.79 Å². The second kappa shape index (κ2) is 7.02. The molecule has 6 nitrogen and oxygen atoms in total. The zero-order valence-corrected chi connectivity index (χ0v) is 13.1. The summed E-state index contributed by atoms with van der Waals surface area (Å²) in [5.74, 6) is -0.299. The Labute approximate surface area is 140 Å². The Balaban J connectivity index is 1.85. The number of carbonyl (C=O) groups excluding carboxylic acids is 1. The molecule has 1 amide bonds. The molecular formula is C18H18N4O2. The minimum atomic E-state index is -0.452. The number of phenols is 1. The molecule has 1 saturated heterocycles. The molecule has 0 saturated carbocycles. The summed E-state index contributed by atoms with van der Waals surface area (Å²) < 4.78 is 0. The quantitative estimate of drug-likeness (QED) is 0.592. The number of hydrogen-bond acceptors (Lipinski definition) is 5. The molecule has 0 radical (unpaired) electrons. The highest BCUT2D eigenvalue weighted by Crippen LogP contribution is 2.29. The summed E-state index contributed by atoms with van der Waals surface area (Å²) in [6.45, 7) is 3.19. The number of benzene rings is 2.